The summed E-state index contributed by atoms with van der Waals surface area (Å²) in [7, 11) is 0. The quantitative estimate of drug-likeness (QED) is 0.744. The number of carbonyl (C=O) groups excluding carboxylic acids is 1. The second kappa shape index (κ2) is 6.48. The molecule has 0 spiro atoms. The van der Waals surface area contributed by atoms with Crippen LogP contribution in [0.3, 0.4) is 0 Å². The van der Waals surface area contributed by atoms with Crippen LogP contribution in [0, 0.1) is 5.92 Å². The smallest absolute Gasteiger partial charge is 0.227 e. The van der Waals surface area contributed by atoms with Gasteiger partial charge in [-0.25, -0.2) is 4.98 Å². The maximum Gasteiger partial charge on any atom is 0.227 e. The van der Waals surface area contributed by atoms with E-state index in [1.807, 2.05) is 24.3 Å². The van der Waals surface area contributed by atoms with E-state index in [1.54, 1.807) is 0 Å². The number of aromatic amines is 1. The van der Waals surface area contributed by atoms with Gasteiger partial charge in [-0.1, -0.05) is 36.8 Å². The molecule has 2 N–H and O–H groups in total. The Morgan fingerprint density at radius 3 is 2.71 bits per heavy atom. The number of amides is 1. The Bertz CT molecular complexity index is 850. The minimum Gasteiger partial charge on any atom is -0.342 e. The van der Waals surface area contributed by atoms with Crippen LogP contribution in [0.15, 0.2) is 48.5 Å². The zero-order valence-corrected chi connectivity index (χ0v) is 13.6. The predicted molar refractivity (Wildman–Crippen MR) is 95.9 cm³/mol. The summed E-state index contributed by atoms with van der Waals surface area (Å²) >= 11 is 0. The first-order valence-corrected chi connectivity index (χ1v) is 8.61. The number of nitrogens with one attached hydrogen (secondary N) is 2. The first-order valence-electron chi connectivity index (χ1n) is 8.61. The summed E-state index contributed by atoms with van der Waals surface area (Å²) in [4.78, 5) is 20.1. The topological polar surface area (TPSA) is 57.8 Å². The summed E-state index contributed by atoms with van der Waals surface area (Å²) in [6.45, 7) is 0. The molecular weight excluding hydrogens is 298 g/mol. The van der Waals surface area contributed by atoms with Crippen LogP contribution in [-0.2, 0) is 17.6 Å². The fourth-order valence-electron chi connectivity index (χ4n) is 3.08. The highest BCUT2D eigenvalue weighted by molar-refractivity contribution is 5.94. The van der Waals surface area contributed by atoms with E-state index >= 15 is 0 Å². The molecule has 1 saturated carbocycles. The van der Waals surface area contributed by atoms with Gasteiger partial charge < -0.3 is 10.3 Å². The minimum atomic E-state index is 0.143. The van der Waals surface area contributed by atoms with Crippen molar-refractivity contribution in [2.24, 2.45) is 5.92 Å². The summed E-state index contributed by atoms with van der Waals surface area (Å²) in [5, 5.41) is 3.02. The Kier molecular flexibility index (Phi) is 4.03. The highest BCUT2D eigenvalue weighted by Crippen LogP contribution is 2.28. The van der Waals surface area contributed by atoms with Gasteiger partial charge in [0.15, 0.2) is 0 Å². The Morgan fingerprint density at radius 1 is 1.12 bits per heavy atom. The van der Waals surface area contributed by atoms with Crippen LogP contribution in [0.5, 0.6) is 0 Å². The van der Waals surface area contributed by atoms with Crippen molar-refractivity contribution in [3.05, 3.63) is 59.9 Å². The van der Waals surface area contributed by atoms with Crippen LogP contribution in [0.1, 0.15) is 30.7 Å². The molecule has 0 aliphatic heterocycles. The van der Waals surface area contributed by atoms with Crippen LogP contribution in [0.2, 0.25) is 0 Å². The van der Waals surface area contributed by atoms with Crippen molar-refractivity contribution in [3.8, 4) is 0 Å². The summed E-state index contributed by atoms with van der Waals surface area (Å²) in [6, 6.07) is 16.3. The molecule has 4 nitrogen and oxygen atoms in total. The molecule has 1 aliphatic carbocycles. The van der Waals surface area contributed by atoms with E-state index in [1.165, 1.54) is 12.0 Å². The van der Waals surface area contributed by atoms with Gasteiger partial charge >= 0.3 is 0 Å². The second-order valence-electron chi connectivity index (χ2n) is 6.52. The molecule has 2 aromatic carbocycles. The van der Waals surface area contributed by atoms with Crippen molar-refractivity contribution >= 4 is 22.6 Å². The molecule has 4 heteroatoms. The zero-order chi connectivity index (χ0) is 16.4. The Morgan fingerprint density at radius 2 is 1.96 bits per heavy atom. The molecule has 3 aromatic rings. The number of anilines is 1. The number of hydrogen-bond donors (Lipinski definition) is 2. The van der Waals surface area contributed by atoms with Crippen molar-refractivity contribution in [1.29, 1.82) is 0 Å². The van der Waals surface area contributed by atoms with E-state index in [2.05, 4.69) is 39.6 Å². The van der Waals surface area contributed by atoms with Crippen LogP contribution < -0.4 is 5.32 Å². The highest BCUT2D eigenvalue weighted by Gasteiger charge is 2.25. The molecule has 0 atom stereocenters. The van der Waals surface area contributed by atoms with Gasteiger partial charge in [-0.2, -0.15) is 0 Å². The second-order valence-corrected chi connectivity index (χ2v) is 6.52. The molecule has 4 rings (SSSR count). The molecule has 1 aliphatic rings. The lowest BCUT2D eigenvalue weighted by Gasteiger charge is -2.23. The molecule has 1 fully saturated rings. The molecule has 24 heavy (non-hydrogen) atoms. The summed E-state index contributed by atoms with van der Waals surface area (Å²) in [6.07, 6.45) is 5.04. The van der Waals surface area contributed by atoms with Gasteiger partial charge in [-0.15, -0.1) is 0 Å². The fourth-order valence-corrected chi connectivity index (χ4v) is 3.08. The lowest BCUT2D eigenvalue weighted by atomic mass is 9.85. The lowest BCUT2D eigenvalue weighted by molar-refractivity contribution is -0.122. The third-order valence-corrected chi connectivity index (χ3v) is 4.77. The number of rotatable bonds is 5. The third-order valence-electron chi connectivity index (χ3n) is 4.77. The molecule has 0 unspecified atom stereocenters. The van der Waals surface area contributed by atoms with Gasteiger partial charge in [-0.05, 0) is 43.0 Å². The normalized spacial score (nSPS) is 14.5. The van der Waals surface area contributed by atoms with E-state index in [-0.39, 0.29) is 11.8 Å². The van der Waals surface area contributed by atoms with E-state index < -0.39 is 0 Å². The number of imidazole rings is 1. The van der Waals surface area contributed by atoms with Crippen LogP contribution in [-0.4, -0.2) is 15.9 Å². The fraction of sp³-hybridized carbons (Fsp3) is 0.300. The van der Waals surface area contributed by atoms with Gasteiger partial charge in [0.05, 0.1) is 11.0 Å². The predicted octanol–water partition coefficient (Wildman–Crippen LogP) is 4.09. The van der Waals surface area contributed by atoms with Gasteiger partial charge in [0, 0.05) is 18.0 Å². The monoisotopic (exact) mass is 319 g/mol. The van der Waals surface area contributed by atoms with E-state index in [0.29, 0.717) is 0 Å². The van der Waals surface area contributed by atoms with Crippen molar-refractivity contribution < 1.29 is 4.79 Å². The number of carbonyl (C=O) groups is 1. The van der Waals surface area contributed by atoms with Crippen LogP contribution in [0.4, 0.5) is 5.69 Å². The minimum absolute atomic E-state index is 0.143. The first kappa shape index (κ1) is 14.9. The maximum atomic E-state index is 12.1. The van der Waals surface area contributed by atoms with Crippen molar-refractivity contribution in [2.75, 3.05) is 5.32 Å². The average Bonchev–Trinajstić information content (AvgIpc) is 2.94. The SMILES string of the molecule is O=C(Nc1ccc2nc(CCc3ccccc3)[nH]c2c1)C1CCC1. The number of aromatic nitrogens is 2. The number of aryl methyl sites for hydroxylation is 2. The molecule has 0 radical (unpaired) electrons. The molecule has 1 heterocycles. The number of H-pyrrole nitrogens is 1. The average molecular weight is 319 g/mol. The number of nitrogens with zero attached hydrogens (tertiary/aromatic N) is 1. The van der Waals surface area contributed by atoms with Gasteiger partial charge in [0.2, 0.25) is 5.91 Å². The zero-order valence-electron chi connectivity index (χ0n) is 13.6. The highest BCUT2D eigenvalue weighted by atomic mass is 16.1. The molecule has 122 valence electrons. The Labute approximate surface area is 141 Å². The summed E-state index contributed by atoms with van der Waals surface area (Å²) < 4.78 is 0. The van der Waals surface area contributed by atoms with Crippen molar-refractivity contribution in [1.82, 2.24) is 9.97 Å². The molecular formula is C20H21N3O. The van der Waals surface area contributed by atoms with Gasteiger partial charge in [0.25, 0.3) is 0 Å². The van der Waals surface area contributed by atoms with Crippen LogP contribution in [0.25, 0.3) is 11.0 Å². The Balaban J connectivity index is 1.45. The standard InChI is InChI=1S/C20H21N3O/c24-20(15-7-4-8-15)21-16-10-11-17-18(13-16)23-19(22-17)12-9-14-5-2-1-3-6-14/h1-3,5-6,10-11,13,15H,4,7-9,12H2,(H,21,24)(H,22,23). The van der Waals surface area contributed by atoms with Crippen molar-refractivity contribution in [2.45, 2.75) is 32.1 Å². The van der Waals surface area contributed by atoms with Crippen LogP contribution >= 0.6 is 0 Å². The van der Waals surface area contributed by atoms with E-state index in [9.17, 15) is 4.79 Å². The lowest BCUT2D eigenvalue weighted by Crippen LogP contribution is -2.27. The molecule has 0 saturated heterocycles. The van der Waals surface area contributed by atoms with E-state index in [4.69, 9.17) is 0 Å². The number of fused-ring (bicyclic) bond motifs is 1. The van der Waals surface area contributed by atoms with E-state index in [0.717, 1.165) is 48.2 Å². The number of benzene rings is 2. The first-order chi connectivity index (χ1) is 11.8. The molecule has 1 aromatic heterocycles. The summed E-state index contributed by atoms with van der Waals surface area (Å²) in [5.41, 5.74) is 4.08. The molecule has 0 bridgehead atoms. The maximum absolute atomic E-state index is 12.1. The number of hydrogen-bond acceptors (Lipinski definition) is 2. The largest absolute Gasteiger partial charge is 0.342 e. The third kappa shape index (κ3) is 3.18. The summed E-state index contributed by atoms with van der Waals surface area (Å²) in [5.74, 6) is 1.32. The van der Waals surface area contributed by atoms with Crippen molar-refractivity contribution in [3.63, 3.8) is 0 Å². The van der Waals surface area contributed by atoms with Gasteiger partial charge in [0.1, 0.15) is 5.82 Å². The Hall–Kier alpha value is -2.62. The van der Waals surface area contributed by atoms with Gasteiger partial charge in [-0.3, -0.25) is 4.79 Å². The molecule has 1 amide bonds.